The van der Waals surface area contributed by atoms with Gasteiger partial charge in [0.25, 0.3) is 5.91 Å². The van der Waals surface area contributed by atoms with Gasteiger partial charge in [0, 0.05) is 30.5 Å². The molecule has 5 heteroatoms. The number of amides is 1. The zero-order valence-electron chi connectivity index (χ0n) is 11.4. The Morgan fingerprint density at radius 2 is 2.21 bits per heavy atom. The van der Waals surface area contributed by atoms with E-state index in [2.05, 4.69) is 0 Å². The van der Waals surface area contributed by atoms with E-state index in [1.807, 2.05) is 5.38 Å². The van der Waals surface area contributed by atoms with E-state index in [0.717, 1.165) is 18.4 Å². The standard InChI is InChI=1S/C14H21NO3S/c1-18-9-7-15(6-8-16)14(17)12-10-19-13-5-3-2-4-11(12)13/h10,16H,2-9H2,1H3. The van der Waals surface area contributed by atoms with Crippen molar-refractivity contribution in [1.29, 1.82) is 0 Å². The lowest BCUT2D eigenvalue weighted by Gasteiger charge is -2.22. The van der Waals surface area contributed by atoms with Gasteiger partial charge in [0.05, 0.1) is 18.8 Å². The van der Waals surface area contributed by atoms with E-state index in [1.165, 1.54) is 23.3 Å². The highest BCUT2D eigenvalue weighted by molar-refractivity contribution is 7.10. The molecule has 0 radical (unpaired) electrons. The minimum atomic E-state index is -0.0121. The Balaban J connectivity index is 2.14. The van der Waals surface area contributed by atoms with Gasteiger partial charge >= 0.3 is 0 Å². The third kappa shape index (κ3) is 3.35. The molecule has 1 aromatic rings. The summed E-state index contributed by atoms with van der Waals surface area (Å²) >= 11 is 1.70. The van der Waals surface area contributed by atoms with Crippen LogP contribution in [0.5, 0.6) is 0 Å². The van der Waals surface area contributed by atoms with Crippen LogP contribution in [0.3, 0.4) is 0 Å². The molecule has 0 unspecified atom stereocenters. The molecule has 0 spiro atoms. The average molecular weight is 283 g/mol. The molecule has 0 atom stereocenters. The molecule has 4 nitrogen and oxygen atoms in total. The highest BCUT2D eigenvalue weighted by Crippen LogP contribution is 2.30. The Kier molecular flexibility index (Phi) is 5.36. The largest absolute Gasteiger partial charge is 0.395 e. The molecular weight excluding hydrogens is 262 g/mol. The Bertz CT molecular complexity index is 430. The van der Waals surface area contributed by atoms with Gasteiger partial charge in [0.15, 0.2) is 0 Å². The van der Waals surface area contributed by atoms with Crippen molar-refractivity contribution in [3.05, 3.63) is 21.4 Å². The number of carbonyl (C=O) groups excluding carboxylic acids is 1. The van der Waals surface area contributed by atoms with Gasteiger partial charge < -0.3 is 14.7 Å². The van der Waals surface area contributed by atoms with Crippen LogP contribution >= 0.6 is 11.3 Å². The fraction of sp³-hybridized carbons (Fsp3) is 0.643. The number of rotatable bonds is 6. The first-order valence-corrected chi connectivity index (χ1v) is 7.64. The van der Waals surface area contributed by atoms with Crippen molar-refractivity contribution < 1.29 is 14.6 Å². The highest BCUT2D eigenvalue weighted by atomic mass is 32.1. The molecule has 19 heavy (non-hydrogen) atoms. The monoisotopic (exact) mass is 283 g/mol. The van der Waals surface area contributed by atoms with Crippen LogP contribution in [0.15, 0.2) is 5.38 Å². The molecule has 1 heterocycles. The maximum absolute atomic E-state index is 12.5. The summed E-state index contributed by atoms with van der Waals surface area (Å²) in [7, 11) is 1.62. The number of hydrogen-bond acceptors (Lipinski definition) is 4. The van der Waals surface area contributed by atoms with Gasteiger partial charge in [-0.1, -0.05) is 0 Å². The smallest absolute Gasteiger partial charge is 0.255 e. The van der Waals surface area contributed by atoms with E-state index >= 15 is 0 Å². The predicted molar refractivity (Wildman–Crippen MR) is 75.8 cm³/mol. The van der Waals surface area contributed by atoms with E-state index in [4.69, 9.17) is 9.84 Å². The summed E-state index contributed by atoms with van der Waals surface area (Å²) in [6.45, 7) is 1.38. The van der Waals surface area contributed by atoms with Gasteiger partial charge in [-0.05, 0) is 31.2 Å². The summed E-state index contributed by atoms with van der Waals surface area (Å²) in [6.07, 6.45) is 4.51. The molecule has 1 N–H and O–H groups in total. The lowest BCUT2D eigenvalue weighted by atomic mass is 9.95. The van der Waals surface area contributed by atoms with E-state index in [9.17, 15) is 4.79 Å². The van der Waals surface area contributed by atoms with Crippen molar-refractivity contribution >= 4 is 17.2 Å². The summed E-state index contributed by atoms with van der Waals surface area (Å²) in [5, 5.41) is 11.1. The number of thiophene rings is 1. The zero-order chi connectivity index (χ0) is 13.7. The third-order valence-corrected chi connectivity index (χ3v) is 4.60. The molecule has 0 aromatic carbocycles. The van der Waals surface area contributed by atoms with Gasteiger partial charge in [-0.2, -0.15) is 0 Å². The third-order valence-electron chi connectivity index (χ3n) is 3.51. The number of ether oxygens (including phenoxy) is 1. The van der Waals surface area contributed by atoms with Crippen LogP contribution < -0.4 is 0 Å². The SMILES string of the molecule is COCCN(CCO)C(=O)c1csc2c1CCCC2. The number of aryl methyl sites for hydroxylation is 1. The lowest BCUT2D eigenvalue weighted by Crippen LogP contribution is -2.36. The van der Waals surface area contributed by atoms with Gasteiger partial charge in [-0.3, -0.25) is 4.79 Å². The second-order valence-corrected chi connectivity index (χ2v) is 5.73. The van der Waals surface area contributed by atoms with Crippen LogP contribution in [0, 0.1) is 0 Å². The minimum absolute atomic E-state index is 0.0121. The van der Waals surface area contributed by atoms with Crippen molar-refractivity contribution in [1.82, 2.24) is 4.90 Å². The molecule has 1 aliphatic carbocycles. The Hall–Kier alpha value is -0.910. The molecule has 1 aromatic heterocycles. The van der Waals surface area contributed by atoms with Crippen LogP contribution in [0.1, 0.15) is 33.6 Å². The molecular formula is C14H21NO3S. The average Bonchev–Trinajstić information content (AvgIpc) is 2.86. The van der Waals surface area contributed by atoms with Crippen LogP contribution in [-0.2, 0) is 17.6 Å². The van der Waals surface area contributed by atoms with E-state index in [0.29, 0.717) is 19.7 Å². The van der Waals surface area contributed by atoms with Crippen molar-refractivity contribution in [3.63, 3.8) is 0 Å². The summed E-state index contributed by atoms with van der Waals surface area (Å²) in [6, 6.07) is 0. The van der Waals surface area contributed by atoms with E-state index in [-0.39, 0.29) is 12.5 Å². The molecule has 0 saturated heterocycles. The molecule has 1 aliphatic rings. The number of hydrogen-bond donors (Lipinski definition) is 1. The van der Waals surface area contributed by atoms with Crippen LogP contribution in [-0.4, -0.2) is 49.3 Å². The normalized spacial score (nSPS) is 14.2. The van der Waals surface area contributed by atoms with Crippen LogP contribution in [0.2, 0.25) is 0 Å². The summed E-state index contributed by atoms with van der Waals surface area (Å²) < 4.78 is 5.03. The lowest BCUT2D eigenvalue weighted by molar-refractivity contribution is 0.0655. The number of nitrogens with zero attached hydrogens (tertiary/aromatic N) is 1. The number of aliphatic hydroxyl groups excluding tert-OH is 1. The Labute approximate surface area is 118 Å². The zero-order valence-corrected chi connectivity index (χ0v) is 12.2. The second kappa shape index (κ2) is 7.03. The maximum Gasteiger partial charge on any atom is 0.255 e. The summed E-state index contributed by atoms with van der Waals surface area (Å²) in [5.74, 6) is 0.0329. The van der Waals surface area contributed by atoms with Crippen molar-refractivity contribution in [2.45, 2.75) is 25.7 Å². The molecule has 2 rings (SSSR count). The molecule has 0 bridgehead atoms. The quantitative estimate of drug-likeness (QED) is 0.864. The fourth-order valence-electron chi connectivity index (χ4n) is 2.48. The van der Waals surface area contributed by atoms with E-state index in [1.54, 1.807) is 23.3 Å². The highest BCUT2D eigenvalue weighted by Gasteiger charge is 2.23. The second-order valence-electron chi connectivity index (χ2n) is 4.77. The first-order valence-electron chi connectivity index (χ1n) is 6.76. The minimum Gasteiger partial charge on any atom is -0.395 e. The van der Waals surface area contributed by atoms with Crippen molar-refractivity contribution in [2.24, 2.45) is 0 Å². The maximum atomic E-state index is 12.5. The topological polar surface area (TPSA) is 49.8 Å². The number of methoxy groups -OCH3 is 1. The Morgan fingerprint density at radius 1 is 1.42 bits per heavy atom. The van der Waals surface area contributed by atoms with E-state index < -0.39 is 0 Å². The fourth-order valence-corrected chi connectivity index (χ4v) is 3.60. The van der Waals surface area contributed by atoms with Crippen molar-refractivity contribution in [3.8, 4) is 0 Å². The Morgan fingerprint density at radius 3 is 2.95 bits per heavy atom. The number of aliphatic hydroxyl groups is 1. The molecule has 0 aliphatic heterocycles. The van der Waals surface area contributed by atoms with Crippen molar-refractivity contribution in [2.75, 3.05) is 33.4 Å². The van der Waals surface area contributed by atoms with Crippen LogP contribution in [0.25, 0.3) is 0 Å². The first-order chi connectivity index (χ1) is 9.27. The number of carbonyl (C=O) groups is 1. The molecule has 1 amide bonds. The molecule has 0 fully saturated rings. The summed E-state index contributed by atoms with van der Waals surface area (Å²) in [4.78, 5) is 15.6. The van der Waals surface area contributed by atoms with Gasteiger partial charge in [0.1, 0.15) is 0 Å². The molecule has 106 valence electrons. The first kappa shape index (κ1) is 14.5. The van der Waals surface area contributed by atoms with Crippen LogP contribution in [0.4, 0.5) is 0 Å². The predicted octanol–water partition coefficient (Wildman–Crippen LogP) is 1.71. The van der Waals surface area contributed by atoms with Gasteiger partial charge in [0.2, 0.25) is 0 Å². The van der Waals surface area contributed by atoms with Gasteiger partial charge in [-0.25, -0.2) is 0 Å². The van der Waals surface area contributed by atoms with Gasteiger partial charge in [-0.15, -0.1) is 11.3 Å². The molecule has 0 saturated carbocycles. The summed E-state index contributed by atoms with van der Waals surface area (Å²) in [5.41, 5.74) is 2.07. The number of fused-ring (bicyclic) bond motifs is 1.